The highest BCUT2D eigenvalue weighted by Crippen LogP contribution is 2.40. The van der Waals surface area contributed by atoms with Crippen LogP contribution in [-0.2, 0) is 9.53 Å². The molecule has 3 aliphatic rings. The van der Waals surface area contributed by atoms with E-state index in [2.05, 4.69) is 13.0 Å². The molecule has 0 spiro atoms. The zero-order valence-electron chi connectivity index (χ0n) is 15.2. The highest BCUT2D eigenvalue weighted by molar-refractivity contribution is 5.72. The molecule has 3 rings (SSSR count). The van der Waals surface area contributed by atoms with E-state index in [1.165, 1.54) is 38.5 Å². The minimum Gasteiger partial charge on any atom is -0.462 e. The minimum atomic E-state index is 0.0832. The van der Waals surface area contributed by atoms with Gasteiger partial charge in [0, 0.05) is 5.92 Å². The Labute approximate surface area is 147 Å². The van der Waals surface area contributed by atoms with Crippen LogP contribution in [0.1, 0.15) is 84.0 Å². The number of ether oxygens (including phenoxy) is 1. The van der Waals surface area contributed by atoms with Crippen molar-refractivity contribution in [1.82, 2.24) is 0 Å². The first-order valence-corrected chi connectivity index (χ1v) is 10.3. The maximum absolute atomic E-state index is 12.4. The molecule has 0 amide bonds. The standard InChI is InChI=1S/C21H33NO2/c1-15-2-6-19(7-3-15)21(23)24-20-12-10-18(11-13-20)17-8-4-16(14-22)5-9-17/h15-20H,2-13H2,1H3. The minimum absolute atomic E-state index is 0.0832. The highest BCUT2D eigenvalue weighted by atomic mass is 16.5. The van der Waals surface area contributed by atoms with Gasteiger partial charge in [0.25, 0.3) is 0 Å². The van der Waals surface area contributed by atoms with Crippen LogP contribution in [0.4, 0.5) is 0 Å². The second-order valence-corrected chi connectivity index (χ2v) is 8.67. The van der Waals surface area contributed by atoms with E-state index < -0.39 is 0 Å². The van der Waals surface area contributed by atoms with Crippen LogP contribution in [0.5, 0.6) is 0 Å². The lowest BCUT2D eigenvalue weighted by atomic mass is 9.71. The third-order valence-corrected chi connectivity index (χ3v) is 6.97. The van der Waals surface area contributed by atoms with Gasteiger partial charge in [0.2, 0.25) is 0 Å². The van der Waals surface area contributed by atoms with Gasteiger partial charge in [-0.2, -0.15) is 5.26 Å². The third kappa shape index (κ3) is 4.52. The van der Waals surface area contributed by atoms with Crippen LogP contribution >= 0.6 is 0 Å². The predicted molar refractivity (Wildman–Crippen MR) is 94.0 cm³/mol. The summed E-state index contributed by atoms with van der Waals surface area (Å²) >= 11 is 0. The zero-order valence-corrected chi connectivity index (χ0v) is 15.2. The summed E-state index contributed by atoms with van der Waals surface area (Å²) in [6, 6.07) is 2.43. The molecule has 0 unspecified atom stereocenters. The van der Waals surface area contributed by atoms with Gasteiger partial charge < -0.3 is 4.74 Å². The van der Waals surface area contributed by atoms with E-state index in [0.717, 1.165) is 56.3 Å². The fraction of sp³-hybridized carbons (Fsp3) is 0.905. The average molecular weight is 332 g/mol. The molecular weight excluding hydrogens is 298 g/mol. The molecule has 0 saturated heterocycles. The number of hydrogen-bond acceptors (Lipinski definition) is 3. The summed E-state index contributed by atoms with van der Waals surface area (Å²) in [7, 11) is 0. The summed E-state index contributed by atoms with van der Waals surface area (Å²) in [5, 5.41) is 9.03. The Balaban J connectivity index is 1.38. The molecule has 3 aliphatic carbocycles. The number of nitriles is 1. The lowest BCUT2D eigenvalue weighted by Gasteiger charge is -2.37. The fourth-order valence-corrected chi connectivity index (χ4v) is 5.15. The first kappa shape index (κ1) is 17.8. The number of carbonyl (C=O) groups is 1. The van der Waals surface area contributed by atoms with Gasteiger partial charge >= 0.3 is 5.97 Å². The van der Waals surface area contributed by atoms with E-state index in [-0.39, 0.29) is 18.0 Å². The maximum atomic E-state index is 12.4. The lowest BCUT2D eigenvalue weighted by Crippen LogP contribution is -2.32. The molecular formula is C21H33NO2. The molecule has 0 aromatic rings. The molecule has 0 aromatic carbocycles. The first-order chi connectivity index (χ1) is 11.7. The summed E-state index contributed by atoms with van der Waals surface area (Å²) in [6.45, 7) is 2.28. The molecule has 134 valence electrons. The first-order valence-electron chi connectivity index (χ1n) is 10.3. The van der Waals surface area contributed by atoms with Gasteiger partial charge in [-0.25, -0.2) is 0 Å². The summed E-state index contributed by atoms with van der Waals surface area (Å²) < 4.78 is 5.85. The van der Waals surface area contributed by atoms with Gasteiger partial charge in [-0.15, -0.1) is 0 Å². The number of rotatable bonds is 3. The van der Waals surface area contributed by atoms with Gasteiger partial charge in [0.1, 0.15) is 6.10 Å². The topological polar surface area (TPSA) is 50.1 Å². The summed E-state index contributed by atoms with van der Waals surface area (Å²) in [5.41, 5.74) is 0. The summed E-state index contributed by atoms with van der Waals surface area (Å²) in [4.78, 5) is 12.4. The van der Waals surface area contributed by atoms with Crippen molar-refractivity contribution < 1.29 is 9.53 Å². The number of nitrogens with zero attached hydrogens (tertiary/aromatic N) is 1. The lowest BCUT2D eigenvalue weighted by molar-refractivity contribution is -0.157. The van der Waals surface area contributed by atoms with Crippen molar-refractivity contribution in [3.05, 3.63) is 0 Å². The molecule has 0 atom stereocenters. The van der Waals surface area contributed by atoms with E-state index in [4.69, 9.17) is 10.00 Å². The number of hydrogen-bond donors (Lipinski definition) is 0. The second kappa shape index (κ2) is 8.37. The largest absolute Gasteiger partial charge is 0.462 e. The Morgan fingerprint density at radius 1 is 0.833 bits per heavy atom. The SMILES string of the molecule is CC1CCC(C(=O)OC2CCC(C3CCC(C#N)CC3)CC2)CC1. The fourth-order valence-electron chi connectivity index (χ4n) is 5.15. The molecule has 0 radical (unpaired) electrons. The van der Waals surface area contributed by atoms with Crippen LogP contribution in [0, 0.1) is 40.9 Å². The van der Waals surface area contributed by atoms with E-state index >= 15 is 0 Å². The van der Waals surface area contributed by atoms with Gasteiger partial charge in [0.15, 0.2) is 0 Å². The van der Waals surface area contributed by atoms with Gasteiger partial charge in [-0.1, -0.05) is 6.92 Å². The molecule has 0 bridgehead atoms. The quantitative estimate of drug-likeness (QED) is 0.664. The van der Waals surface area contributed by atoms with Crippen LogP contribution < -0.4 is 0 Å². The van der Waals surface area contributed by atoms with E-state index in [1.807, 2.05) is 0 Å². The predicted octanol–water partition coefficient (Wildman–Crippen LogP) is 5.24. The van der Waals surface area contributed by atoms with Crippen molar-refractivity contribution in [2.75, 3.05) is 0 Å². The Morgan fingerprint density at radius 2 is 1.38 bits per heavy atom. The van der Waals surface area contributed by atoms with E-state index in [1.54, 1.807) is 0 Å². The zero-order chi connectivity index (χ0) is 16.9. The van der Waals surface area contributed by atoms with Gasteiger partial charge in [-0.3, -0.25) is 4.79 Å². The Hall–Kier alpha value is -1.04. The maximum Gasteiger partial charge on any atom is 0.309 e. The smallest absolute Gasteiger partial charge is 0.309 e. The molecule has 3 saturated carbocycles. The Bertz CT molecular complexity index is 445. The molecule has 3 heteroatoms. The van der Waals surface area contributed by atoms with Crippen LogP contribution in [-0.4, -0.2) is 12.1 Å². The van der Waals surface area contributed by atoms with Crippen molar-refractivity contribution >= 4 is 5.97 Å². The monoisotopic (exact) mass is 331 g/mol. The van der Waals surface area contributed by atoms with Crippen LogP contribution in [0.15, 0.2) is 0 Å². The summed E-state index contributed by atoms with van der Waals surface area (Å²) in [6.07, 6.45) is 13.8. The Kier molecular flexibility index (Phi) is 6.19. The average Bonchev–Trinajstić information content (AvgIpc) is 2.63. The van der Waals surface area contributed by atoms with Crippen molar-refractivity contribution in [2.24, 2.45) is 29.6 Å². The highest BCUT2D eigenvalue weighted by Gasteiger charge is 2.33. The molecule has 0 aromatic heterocycles. The second-order valence-electron chi connectivity index (χ2n) is 8.67. The van der Waals surface area contributed by atoms with Crippen molar-refractivity contribution in [2.45, 2.75) is 90.1 Å². The van der Waals surface area contributed by atoms with Crippen LogP contribution in [0.2, 0.25) is 0 Å². The van der Waals surface area contributed by atoms with Crippen LogP contribution in [0.3, 0.4) is 0 Å². The molecule has 3 fully saturated rings. The molecule has 3 nitrogen and oxygen atoms in total. The summed E-state index contributed by atoms with van der Waals surface area (Å²) in [5.74, 6) is 2.94. The Morgan fingerprint density at radius 3 is 1.92 bits per heavy atom. The third-order valence-electron chi connectivity index (χ3n) is 6.97. The molecule has 0 N–H and O–H groups in total. The van der Waals surface area contributed by atoms with Gasteiger partial charge in [0.05, 0.1) is 12.0 Å². The molecule has 0 aliphatic heterocycles. The molecule has 0 heterocycles. The van der Waals surface area contributed by atoms with Crippen molar-refractivity contribution in [3.8, 4) is 6.07 Å². The number of carbonyl (C=O) groups excluding carboxylic acids is 1. The van der Waals surface area contributed by atoms with Crippen LogP contribution in [0.25, 0.3) is 0 Å². The van der Waals surface area contributed by atoms with E-state index in [9.17, 15) is 4.79 Å². The molecule has 24 heavy (non-hydrogen) atoms. The van der Waals surface area contributed by atoms with Crippen molar-refractivity contribution in [3.63, 3.8) is 0 Å². The number of esters is 1. The van der Waals surface area contributed by atoms with E-state index in [0.29, 0.717) is 5.92 Å². The van der Waals surface area contributed by atoms with Crippen molar-refractivity contribution in [1.29, 1.82) is 5.26 Å². The van der Waals surface area contributed by atoms with Gasteiger partial charge in [-0.05, 0) is 94.8 Å². The normalized spacial score (nSPS) is 40.5.